The number of hydrogen-bond acceptors (Lipinski definition) is 4. The molecule has 1 rings (SSSR count). The van der Waals surface area contributed by atoms with Crippen molar-refractivity contribution in [1.82, 2.24) is 16.1 Å². The van der Waals surface area contributed by atoms with Crippen molar-refractivity contribution in [2.75, 3.05) is 7.11 Å². The molecule has 0 spiro atoms. The van der Waals surface area contributed by atoms with E-state index in [1.807, 2.05) is 0 Å². The molecule has 66 valence electrons. The summed E-state index contributed by atoms with van der Waals surface area (Å²) in [4.78, 5) is 7.76. The number of ether oxygens (including phenoxy) is 1. The molecule has 0 amide bonds. The number of nitrogens with zero attached hydrogens (tertiary/aromatic N) is 2. The van der Waals surface area contributed by atoms with Crippen molar-refractivity contribution in [3.8, 4) is 5.75 Å². The van der Waals surface area contributed by atoms with E-state index in [-0.39, 0.29) is 6.15 Å². The minimum atomic E-state index is 0. The van der Waals surface area contributed by atoms with Crippen LogP contribution in [-0.4, -0.2) is 17.1 Å². The summed E-state index contributed by atoms with van der Waals surface area (Å²) in [7, 11) is 1.51. The smallest absolute Gasteiger partial charge is 0.175 e. The van der Waals surface area contributed by atoms with Crippen molar-refractivity contribution in [2.24, 2.45) is 0 Å². The lowest BCUT2D eigenvalue weighted by atomic mass is 10.5. The monoisotopic (exact) mass is 187 g/mol. The zero-order valence-electron chi connectivity index (χ0n) is 6.75. The van der Waals surface area contributed by atoms with Crippen molar-refractivity contribution in [3.05, 3.63) is 23.8 Å². The molecule has 0 aliphatic rings. The van der Waals surface area contributed by atoms with Crippen molar-refractivity contribution in [3.63, 3.8) is 0 Å². The van der Waals surface area contributed by atoms with Crippen LogP contribution in [-0.2, 0) is 0 Å². The highest BCUT2D eigenvalue weighted by Crippen LogP contribution is 2.19. The van der Waals surface area contributed by atoms with Gasteiger partial charge in [0.2, 0.25) is 0 Å². The first kappa shape index (κ1) is 10.9. The van der Waals surface area contributed by atoms with Crippen LogP contribution in [0.4, 0.5) is 0 Å². The largest absolute Gasteiger partial charge is 0.492 e. The van der Waals surface area contributed by atoms with Crippen LogP contribution in [0.3, 0.4) is 0 Å². The highest BCUT2D eigenvalue weighted by Gasteiger charge is 2.01. The average Bonchev–Trinajstić information content (AvgIpc) is 2.04. The lowest BCUT2D eigenvalue weighted by Crippen LogP contribution is -1.91. The second-order valence-corrected chi connectivity index (χ2v) is 2.15. The molecule has 0 fully saturated rings. The topological polar surface area (TPSA) is 70.0 Å². The number of rotatable bonds is 2. The number of methoxy groups -OCH3 is 1. The number of halogens is 1. The Bertz CT molecular complexity index is 277. The first-order valence-electron chi connectivity index (χ1n) is 2.97. The highest BCUT2D eigenvalue weighted by molar-refractivity contribution is 6.30. The molecule has 0 aliphatic carbocycles. The van der Waals surface area contributed by atoms with Crippen LogP contribution in [0.25, 0.3) is 6.08 Å². The summed E-state index contributed by atoms with van der Waals surface area (Å²) in [5.41, 5.74) is 0. The summed E-state index contributed by atoms with van der Waals surface area (Å²) in [6.07, 6.45) is 3.03. The predicted octanol–water partition coefficient (Wildman–Crippen LogP) is 1.94. The van der Waals surface area contributed by atoms with E-state index in [0.29, 0.717) is 16.7 Å². The van der Waals surface area contributed by atoms with E-state index in [9.17, 15) is 0 Å². The molecule has 0 bridgehead atoms. The normalized spacial score (nSPS) is 8.50. The van der Waals surface area contributed by atoms with E-state index in [0.717, 1.165) is 0 Å². The molecule has 1 heterocycles. The van der Waals surface area contributed by atoms with Crippen LogP contribution >= 0.6 is 11.6 Å². The van der Waals surface area contributed by atoms with Crippen LogP contribution in [0.2, 0.25) is 5.15 Å². The van der Waals surface area contributed by atoms with Crippen molar-refractivity contribution < 1.29 is 4.74 Å². The standard InChI is InChI=1S/C7H7ClN2O.H3N/c1-3-6-9-4-5(11-2)7(8)10-6;/h3-4H,1H2,2H3;1H3. The lowest BCUT2D eigenvalue weighted by Gasteiger charge is -2.00. The second-order valence-electron chi connectivity index (χ2n) is 1.79. The molecular weight excluding hydrogens is 178 g/mol. The Labute approximate surface area is 75.8 Å². The molecule has 5 heteroatoms. The molecule has 0 saturated carbocycles. The molecule has 0 saturated heterocycles. The van der Waals surface area contributed by atoms with Gasteiger partial charge in [0.15, 0.2) is 16.7 Å². The minimum absolute atomic E-state index is 0. The number of aromatic nitrogens is 2. The van der Waals surface area contributed by atoms with Crippen LogP contribution in [0, 0.1) is 0 Å². The first-order chi connectivity index (χ1) is 5.27. The van der Waals surface area contributed by atoms with Gasteiger partial charge >= 0.3 is 0 Å². The van der Waals surface area contributed by atoms with Crippen LogP contribution < -0.4 is 10.9 Å². The SMILES string of the molecule is C=Cc1ncc(OC)c(Cl)n1.N. The Morgan fingerprint density at radius 3 is 2.75 bits per heavy atom. The Balaban J connectivity index is 0.00000121. The molecule has 0 aromatic carbocycles. The van der Waals surface area contributed by atoms with Gasteiger partial charge in [0.25, 0.3) is 0 Å². The minimum Gasteiger partial charge on any atom is -0.492 e. The molecule has 1 aromatic heterocycles. The maximum Gasteiger partial charge on any atom is 0.175 e. The zero-order valence-corrected chi connectivity index (χ0v) is 7.51. The van der Waals surface area contributed by atoms with E-state index in [2.05, 4.69) is 16.5 Å². The van der Waals surface area contributed by atoms with Gasteiger partial charge in [0.1, 0.15) is 0 Å². The fourth-order valence-electron chi connectivity index (χ4n) is 0.598. The quantitative estimate of drug-likeness (QED) is 0.719. The van der Waals surface area contributed by atoms with Crippen LogP contribution in [0.1, 0.15) is 5.82 Å². The Kier molecular flexibility index (Phi) is 4.25. The third-order valence-corrected chi connectivity index (χ3v) is 1.40. The maximum absolute atomic E-state index is 5.68. The molecule has 3 N–H and O–H groups in total. The molecule has 4 nitrogen and oxygen atoms in total. The third kappa shape index (κ3) is 2.18. The highest BCUT2D eigenvalue weighted by atomic mass is 35.5. The van der Waals surface area contributed by atoms with E-state index in [4.69, 9.17) is 16.3 Å². The lowest BCUT2D eigenvalue weighted by molar-refractivity contribution is 0.411. The molecule has 0 unspecified atom stereocenters. The summed E-state index contributed by atoms with van der Waals surface area (Å²) in [6.45, 7) is 3.50. The molecule has 12 heavy (non-hydrogen) atoms. The second kappa shape index (κ2) is 4.69. The maximum atomic E-state index is 5.68. The Hall–Kier alpha value is -1.13. The molecule has 0 radical (unpaired) electrons. The first-order valence-corrected chi connectivity index (χ1v) is 3.34. The van der Waals surface area contributed by atoms with Gasteiger partial charge in [-0.3, -0.25) is 0 Å². The van der Waals surface area contributed by atoms with Gasteiger partial charge in [-0.1, -0.05) is 18.2 Å². The van der Waals surface area contributed by atoms with Gasteiger partial charge in [-0.05, 0) is 6.08 Å². The predicted molar refractivity (Wildman–Crippen MR) is 48.7 cm³/mol. The average molecular weight is 188 g/mol. The van der Waals surface area contributed by atoms with Crippen molar-refractivity contribution >= 4 is 17.7 Å². The number of hydrogen-bond donors (Lipinski definition) is 1. The van der Waals surface area contributed by atoms with Crippen LogP contribution in [0.15, 0.2) is 12.8 Å². The van der Waals surface area contributed by atoms with E-state index < -0.39 is 0 Å². The van der Waals surface area contributed by atoms with Gasteiger partial charge in [0.05, 0.1) is 13.3 Å². The zero-order chi connectivity index (χ0) is 8.27. The summed E-state index contributed by atoms with van der Waals surface area (Å²) in [6, 6.07) is 0. The summed E-state index contributed by atoms with van der Waals surface area (Å²) < 4.78 is 4.85. The Morgan fingerprint density at radius 1 is 1.67 bits per heavy atom. The van der Waals surface area contributed by atoms with Gasteiger partial charge in [0, 0.05) is 0 Å². The van der Waals surface area contributed by atoms with Crippen LogP contribution in [0.5, 0.6) is 5.75 Å². The van der Waals surface area contributed by atoms with Gasteiger partial charge in [-0.15, -0.1) is 0 Å². The van der Waals surface area contributed by atoms with Gasteiger partial charge < -0.3 is 10.9 Å². The fraction of sp³-hybridized carbons (Fsp3) is 0.143. The fourth-order valence-corrected chi connectivity index (χ4v) is 0.810. The van der Waals surface area contributed by atoms with Gasteiger partial charge in [-0.2, -0.15) is 0 Å². The molecule has 0 aliphatic heterocycles. The van der Waals surface area contributed by atoms with E-state index in [1.54, 1.807) is 0 Å². The summed E-state index contributed by atoms with van der Waals surface area (Å²) in [5, 5.41) is 0.303. The molecular formula is C7H10ClN3O. The summed E-state index contributed by atoms with van der Waals surface area (Å²) >= 11 is 5.68. The summed E-state index contributed by atoms with van der Waals surface area (Å²) in [5.74, 6) is 0.966. The third-order valence-electron chi connectivity index (χ3n) is 1.13. The van der Waals surface area contributed by atoms with E-state index >= 15 is 0 Å². The molecule has 0 atom stereocenters. The van der Waals surface area contributed by atoms with Crippen molar-refractivity contribution in [2.45, 2.75) is 0 Å². The van der Waals surface area contributed by atoms with Crippen molar-refractivity contribution in [1.29, 1.82) is 0 Å². The molecule has 1 aromatic rings. The van der Waals surface area contributed by atoms with Gasteiger partial charge in [-0.25, -0.2) is 9.97 Å². The van der Waals surface area contributed by atoms with E-state index in [1.165, 1.54) is 19.4 Å². The Morgan fingerprint density at radius 2 is 2.33 bits per heavy atom.